The van der Waals surface area contributed by atoms with Gasteiger partial charge in [-0.3, -0.25) is 14.4 Å². The highest BCUT2D eigenvalue weighted by Crippen LogP contribution is 2.35. The lowest BCUT2D eigenvalue weighted by atomic mass is 9.84. The molecular weight excluding hydrogens is 493 g/mol. The van der Waals surface area contributed by atoms with Crippen LogP contribution in [0.5, 0.6) is 0 Å². The maximum absolute atomic E-state index is 13.2. The molecule has 0 atom stereocenters. The predicted octanol–water partition coefficient (Wildman–Crippen LogP) is 4.71. The van der Waals surface area contributed by atoms with Gasteiger partial charge in [-0.15, -0.1) is 12.4 Å². The largest absolute Gasteiger partial charge is 0.449 e. The fraction of sp³-hybridized carbons (Fsp3) is 0.333. The molecule has 4 N–H and O–H groups in total. The van der Waals surface area contributed by atoms with E-state index in [2.05, 4.69) is 15.6 Å². The molecule has 0 unspecified atom stereocenters. The van der Waals surface area contributed by atoms with Crippen LogP contribution in [-0.4, -0.2) is 40.7 Å². The summed E-state index contributed by atoms with van der Waals surface area (Å²) in [6.45, 7) is 1.54. The number of benzene rings is 1. The third kappa shape index (κ3) is 5.86. The Bertz CT molecular complexity index is 1240. The summed E-state index contributed by atoms with van der Waals surface area (Å²) in [7, 11) is 1.79. The number of fused-ring (bicyclic) bond motifs is 1. The summed E-state index contributed by atoms with van der Waals surface area (Å²) < 4.78 is 5.79. The Morgan fingerprint density at radius 2 is 1.83 bits per heavy atom. The van der Waals surface area contributed by atoms with Gasteiger partial charge in [-0.2, -0.15) is 0 Å². The van der Waals surface area contributed by atoms with Crippen molar-refractivity contribution in [2.24, 2.45) is 5.92 Å². The molecule has 1 saturated carbocycles. The van der Waals surface area contributed by atoms with Crippen LogP contribution in [0.15, 0.2) is 40.9 Å². The maximum Gasteiger partial charge on any atom is 0.294 e. The molecule has 2 aromatic heterocycles. The average Bonchev–Trinajstić information content (AvgIpc) is 3.17. The van der Waals surface area contributed by atoms with E-state index in [4.69, 9.17) is 21.8 Å². The molecule has 9 nitrogen and oxygen atoms in total. The van der Waals surface area contributed by atoms with Crippen molar-refractivity contribution >= 4 is 69.9 Å². The number of aromatic nitrogens is 1. The first-order chi connectivity index (χ1) is 16.2. The molecule has 0 saturated heterocycles. The first-order valence-corrected chi connectivity index (χ1v) is 11.4. The molecule has 1 aromatic carbocycles. The second kappa shape index (κ2) is 11.0. The Hall–Kier alpha value is -3.30. The van der Waals surface area contributed by atoms with Crippen LogP contribution in [0.1, 0.15) is 43.2 Å². The molecule has 1 aliphatic rings. The lowest BCUT2D eigenvalue weighted by molar-refractivity contribution is -0.130. The van der Waals surface area contributed by atoms with Gasteiger partial charge in [0.1, 0.15) is 17.1 Å². The summed E-state index contributed by atoms with van der Waals surface area (Å²) in [6, 6.07) is 8.27. The van der Waals surface area contributed by atoms with Gasteiger partial charge in [0.2, 0.25) is 17.6 Å². The number of hydrogen-bond donors (Lipinski definition) is 3. The molecule has 0 bridgehead atoms. The van der Waals surface area contributed by atoms with Crippen LogP contribution >= 0.6 is 24.0 Å². The number of nitrogen functional groups attached to an aromatic ring is 1. The summed E-state index contributed by atoms with van der Waals surface area (Å²) in [6.07, 6.45) is 4.18. The summed E-state index contributed by atoms with van der Waals surface area (Å²) in [5, 5.41) is 6.54. The van der Waals surface area contributed by atoms with E-state index in [0.717, 1.165) is 12.8 Å². The molecule has 3 aromatic rings. The molecule has 0 radical (unpaired) electrons. The quantitative estimate of drug-likeness (QED) is 0.418. The van der Waals surface area contributed by atoms with Crippen LogP contribution in [0.25, 0.3) is 11.0 Å². The zero-order valence-corrected chi connectivity index (χ0v) is 20.9. The minimum absolute atomic E-state index is 0. The number of carbonyl (C=O) groups is 3. The molecule has 0 spiro atoms. The summed E-state index contributed by atoms with van der Waals surface area (Å²) >= 11 is 5.86. The van der Waals surface area contributed by atoms with E-state index in [9.17, 15) is 14.4 Å². The van der Waals surface area contributed by atoms with Crippen LogP contribution in [-0.2, 0) is 9.59 Å². The Kier molecular flexibility index (Phi) is 8.24. The molecular formula is C24H27Cl2N5O4. The zero-order valence-electron chi connectivity index (χ0n) is 19.3. The molecule has 2 heterocycles. The Labute approximate surface area is 213 Å². The number of nitrogens with one attached hydrogen (secondary N) is 2. The number of halogens is 2. The first kappa shape index (κ1) is 26.3. The van der Waals surface area contributed by atoms with Crippen LogP contribution in [0.2, 0.25) is 5.02 Å². The highest BCUT2D eigenvalue weighted by atomic mass is 35.5. The van der Waals surface area contributed by atoms with Crippen molar-refractivity contribution in [1.29, 1.82) is 0 Å². The van der Waals surface area contributed by atoms with Crippen LogP contribution in [0.3, 0.4) is 0 Å². The van der Waals surface area contributed by atoms with E-state index in [-0.39, 0.29) is 47.6 Å². The second-order valence-electron chi connectivity index (χ2n) is 8.50. The van der Waals surface area contributed by atoms with E-state index in [1.54, 1.807) is 49.2 Å². The third-order valence-electron chi connectivity index (χ3n) is 6.25. The maximum atomic E-state index is 13.2. The van der Waals surface area contributed by atoms with Crippen molar-refractivity contribution in [1.82, 2.24) is 9.88 Å². The van der Waals surface area contributed by atoms with Gasteiger partial charge in [-0.05, 0) is 56.0 Å². The molecule has 4 rings (SSSR count). The Morgan fingerprint density at radius 1 is 1.11 bits per heavy atom. The minimum Gasteiger partial charge on any atom is -0.449 e. The Balaban J connectivity index is 0.00000342. The molecule has 35 heavy (non-hydrogen) atoms. The van der Waals surface area contributed by atoms with Crippen LogP contribution in [0.4, 0.5) is 17.2 Å². The van der Waals surface area contributed by atoms with Gasteiger partial charge >= 0.3 is 0 Å². The van der Waals surface area contributed by atoms with E-state index in [1.165, 1.54) is 6.20 Å². The average molecular weight is 520 g/mol. The van der Waals surface area contributed by atoms with Gasteiger partial charge in [0.15, 0.2) is 0 Å². The van der Waals surface area contributed by atoms with Crippen molar-refractivity contribution in [3.8, 4) is 0 Å². The molecule has 1 aliphatic carbocycles. The van der Waals surface area contributed by atoms with Crippen LogP contribution < -0.4 is 16.4 Å². The molecule has 11 heteroatoms. The van der Waals surface area contributed by atoms with Gasteiger partial charge in [0.05, 0.1) is 5.02 Å². The molecule has 1 fully saturated rings. The van der Waals surface area contributed by atoms with E-state index in [0.29, 0.717) is 40.3 Å². The van der Waals surface area contributed by atoms with Gasteiger partial charge in [-0.1, -0.05) is 11.6 Å². The number of amides is 3. The monoisotopic (exact) mass is 519 g/mol. The van der Waals surface area contributed by atoms with Crippen molar-refractivity contribution in [2.75, 3.05) is 23.4 Å². The summed E-state index contributed by atoms with van der Waals surface area (Å²) in [4.78, 5) is 43.6. The first-order valence-electron chi connectivity index (χ1n) is 11.0. The Morgan fingerprint density at radius 3 is 2.46 bits per heavy atom. The third-order valence-corrected chi connectivity index (χ3v) is 6.47. The fourth-order valence-electron chi connectivity index (χ4n) is 4.23. The van der Waals surface area contributed by atoms with Crippen molar-refractivity contribution in [2.45, 2.75) is 38.6 Å². The minimum atomic E-state index is -0.563. The van der Waals surface area contributed by atoms with Crippen molar-refractivity contribution in [3.05, 3.63) is 47.3 Å². The number of pyridine rings is 1. The SMILES string of the molecule is CC(=O)N(C)C1CCC(C(=O)Nc2c(C(=O)Nc3ccc(Cl)cn3)oc3ccc(N)cc23)CC1.Cl. The second-order valence-corrected chi connectivity index (χ2v) is 8.94. The smallest absolute Gasteiger partial charge is 0.294 e. The number of nitrogens with two attached hydrogens (primary N) is 1. The summed E-state index contributed by atoms with van der Waals surface area (Å²) in [5.41, 5.74) is 7.11. The molecule has 0 aliphatic heterocycles. The number of anilines is 3. The van der Waals surface area contributed by atoms with E-state index < -0.39 is 5.91 Å². The van der Waals surface area contributed by atoms with Crippen molar-refractivity contribution in [3.63, 3.8) is 0 Å². The van der Waals surface area contributed by atoms with Gasteiger partial charge in [-0.25, -0.2) is 4.98 Å². The fourth-order valence-corrected chi connectivity index (χ4v) is 4.34. The van der Waals surface area contributed by atoms with Gasteiger partial charge in [0, 0.05) is 43.2 Å². The number of nitrogens with zero attached hydrogens (tertiary/aromatic N) is 2. The highest BCUT2D eigenvalue weighted by molar-refractivity contribution is 6.30. The van der Waals surface area contributed by atoms with Gasteiger partial charge < -0.3 is 25.7 Å². The topological polar surface area (TPSA) is 131 Å². The lowest BCUT2D eigenvalue weighted by Gasteiger charge is -2.33. The zero-order chi connectivity index (χ0) is 24.4. The van der Waals surface area contributed by atoms with E-state index in [1.807, 2.05) is 0 Å². The number of rotatable bonds is 5. The lowest BCUT2D eigenvalue weighted by Crippen LogP contribution is -2.40. The number of hydrogen-bond acceptors (Lipinski definition) is 6. The number of furan rings is 1. The van der Waals surface area contributed by atoms with Crippen molar-refractivity contribution < 1.29 is 18.8 Å². The van der Waals surface area contributed by atoms with Crippen LogP contribution in [0, 0.1) is 5.92 Å². The molecule has 3 amide bonds. The normalized spacial score (nSPS) is 17.3. The molecule has 186 valence electrons. The van der Waals surface area contributed by atoms with E-state index >= 15 is 0 Å². The van der Waals surface area contributed by atoms with Gasteiger partial charge in [0.25, 0.3) is 5.91 Å². The summed E-state index contributed by atoms with van der Waals surface area (Å²) in [5.74, 6) is -0.743. The number of carbonyl (C=O) groups excluding carboxylic acids is 3. The standard InChI is InChI=1S/C24H26ClN5O4.ClH/c1-13(31)30(2)17-7-3-14(4-8-17)23(32)29-21-18-11-16(26)6-9-19(18)34-22(21)24(33)28-20-10-5-15(25)12-27-20;/h5-6,9-12,14,17H,3-4,7-8,26H2,1-2H3,(H,29,32)(H,27,28,33);1H. The highest BCUT2D eigenvalue weighted by Gasteiger charge is 2.31. The predicted molar refractivity (Wildman–Crippen MR) is 138 cm³/mol.